The number of nitrogens with zero attached hydrogens (tertiary/aromatic N) is 1. The molecule has 0 radical (unpaired) electrons. The Morgan fingerprint density at radius 3 is 2.65 bits per heavy atom. The van der Waals surface area contributed by atoms with Gasteiger partial charge in [0.2, 0.25) is 0 Å². The lowest BCUT2D eigenvalue weighted by molar-refractivity contribution is -0.127. The van der Waals surface area contributed by atoms with Gasteiger partial charge in [-0.05, 0) is 55.0 Å². The summed E-state index contributed by atoms with van der Waals surface area (Å²) in [5.41, 5.74) is 3.23. The van der Waals surface area contributed by atoms with Crippen molar-refractivity contribution in [2.24, 2.45) is 5.10 Å². The summed E-state index contributed by atoms with van der Waals surface area (Å²) in [5.74, 6) is 0.698. The third-order valence-electron chi connectivity index (χ3n) is 3.20. The highest BCUT2D eigenvalue weighted by Gasteiger charge is 2.15. The summed E-state index contributed by atoms with van der Waals surface area (Å²) in [6, 6.07) is 12.0. The van der Waals surface area contributed by atoms with E-state index < -0.39 is 12.0 Å². The Kier molecular flexibility index (Phi) is 7.51. The first-order chi connectivity index (χ1) is 12.5. The predicted octanol–water partition coefficient (Wildman–Crippen LogP) is 4.48. The van der Waals surface area contributed by atoms with Crippen molar-refractivity contribution in [3.8, 4) is 11.5 Å². The van der Waals surface area contributed by atoms with Gasteiger partial charge in [0.1, 0.15) is 18.1 Å². The third kappa shape index (κ3) is 6.10. The Morgan fingerprint density at radius 1 is 1.27 bits per heavy atom. The van der Waals surface area contributed by atoms with Crippen molar-refractivity contribution >= 4 is 35.3 Å². The predicted molar refractivity (Wildman–Crippen MR) is 104 cm³/mol. The smallest absolute Gasteiger partial charge is 0.280 e. The lowest BCUT2D eigenvalue weighted by Gasteiger charge is -2.14. The third-order valence-corrected chi connectivity index (χ3v) is 3.73. The molecular formula is C19H18Cl2N2O3. The molecule has 0 saturated carbocycles. The van der Waals surface area contributed by atoms with Crippen LogP contribution in [0.3, 0.4) is 0 Å². The molecule has 0 aliphatic heterocycles. The molecule has 5 nitrogen and oxygen atoms in total. The molecule has 2 rings (SSSR count). The van der Waals surface area contributed by atoms with Crippen molar-refractivity contribution in [2.75, 3.05) is 6.61 Å². The maximum Gasteiger partial charge on any atom is 0.280 e. The Morgan fingerprint density at radius 2 is 2.00 bits per heavy atom. The normalized spacial score (nSPS) is 11.8. The minimum Gasteiger partial charge on any atom is -0.490 e. The van der Waals surface area contributed by atoms with Crippen molar-refractivity contribution < 1.29 is 14.3 Å². The Balaban J connectivity index is 1.86. The number of ether oxygens (including phenoxy) is 2. The van der Waals surface area contributed by atoms with E-state index in [1.54, 1.807) is 43.3 Å². The summed E-state index contributed by atoms with van der Waals surface area (Å²) in [5, 5.41) is 4.74. The largest absolute Gasteiger partial charge is 0.490 e. The molecule has 1 amide bonds. The number of carbonyl (C=O) groups is 1. The SMILES string of the molecule is C=CCOc1ccc(/C=N\NC(=O)[C@@H](C)Oc2ccc(Cl)cc2Cl)cc1. The second-order valence-corrected chi connectivity index (χ2v) is 6.08. The van der Waals surface area contributed by atoms with Gasteiger partial charge in [-0.15, -0.1) is 0 Å². The zero-order valence-corrected chi connectivity index (χ0v) is 15.6. The number of rotatable bonds is 8. The molecule has 0 fully saturated rings. The van der Waals surface area contributed by atoms with Gasteiger partial charge in [-0.3, -0.25) is 4.79 Å². The Hall–Kier alpha value is -2.50. The molecule has 26 heavy (non-hydrogen) atoms. The minimum atomic E-state index is -0.777. The molecule has 0 aliphatic rings. The highest BCUT2D eigenvalue weighted by atomic mass is 35.5. The standard InChI is InChI=1S/C19H18Cl2N2O3/c1-3-10-25-16-7-4-14(5-8-16)12-22-23-19(24)13(2)26-18-9-6-15(20)11-17(18)21/h3-9,11-13H,1,10H2,2H3,(H,23,24)/b22-12-/t13-/m1/s1. The van der Waals surface area contributed by atoms with Crippen LogP contribution in [-0.2, 0) is 4.79 Å². The van der Waals surface area contributed by atoms with Gasteiger partial charge in [0.05, 0.1) is 11.2 Å². The van der Waals surface area contributed by atoms with E-state index in [0.29, 0.717) is 22.4 Å². The summed E-state index contributed by atoms with van der Waals surface area (Å²) < 4.78 is 10.9. The van der Waals surface area contributed by atoms with E-state index in [1.165, 1.54) is 6.21 Å². The highest BCUT2D eigenvalue weighted by Crippen LogP contribution is 2.28. The molecule has 136 valence electrons. The molecule has 0 heterocycles. The number of hydrazone groups is 1. The van der Waals surface area contributed by atoms with Crippen LogP contribution in [0, 0.1) is 0 Å². The lowest BCUT2D eigenvalue weighted by atomic mass is 10.2. The van der Waals surface area contributed by atoms with E-state index in [-0.39, 0.29) is 0 Å². The quantitative estimate of drug-likeness (QED) is 0.409. The van der Waals surface area contributed by atoms with Gasteiger partial charge in [-0.1, -0.05) is 35.9 Å². The zero-order chi connectivity index (χ0) is 18.9. The van der Waals surface area contributed by atoms with Crippen molar-refractivity contribution in [1.29, 1.82) is 0 Å². The number of hydrogen-bond donors (Lipinski definition) is 1. The number of halogens is 2. The van der Waals surface area contributed by atoms with Gasteiger partial charge in [-0.2, -0.15) is 5.10 Å². The first-order valence-electron chi connectivity index (χ1n) is 7.78. The molecule has 2 aromatic carbocycles. The molecule has 0 unspecified atom stereocenters. The summed E-state index contributed by atoms with van der Waals surface area (Å²) in [7, 11) is 0. The van der Waals surface area contributed by atoms with Crippen LogP contribution >= 0.6 is 23.2 Å². The van der Waals surface area contributed by atoms with Crippen molar-refractivity contribution in [1.82, 2.24) is 5.43 Å². The topological polar surface area (TPSA) is 59.9 Å². The molecular weight excluding hydrogens is 375 g/mol. The lowest BCUT2D eigenvalue weighted by Crippen LogP contribution is -2.33. The fourth-order valence-electron chi connectivity index (χ4n) is 1.88. The fraction of sp³-hybridized carbons (Fsp3) is 0.158. The van der Waals surface area contributed by atoms with Gasteiger partial charge in [0.15, 0.2) is 6.10 Å². The number of benzene rings is 2. The molecule has 0 aliphatic carbocycles. The average molecular weight is 393 g/mol. The van der Waals surface area contributed by atoms with Gasteiger partial charge in [0.25, 0.3) is 5.91 Å². The van der Waals surface area contributed by atoms with Gasteiger partial charge in [-0.25, -0.2) is 5.43 Å². The van der Waals surface area contributed by atoms with Crippen LogP contribution in [0.2, 0.25) is 10.0 Å². The van der Waals surface area contributed by atoms with Gasteiger partial charge >= 0.3 is 0 Å². The van der Waals surface area contributed by atoms with Crippen LogP contribution in [0.4, 0.5) is 0 Å². The number of hydrogen-bond acceptors (Lipinski definition) is 4. The summed E-state index contributed by atoms with van der Waals surface area (Å²) in [6.45, 7) is 5.63. The van der Waals surface area contributed by atoms with E-state index in [2.05, 4.69) is 17.1 Å². The molecule has 0 saturated heterocycles. The highest BCUT2D eigenvalue weighted by molar-refractivity contribution is 6.35. The summed E-state index contributed by atoms with van der Waals surface area (Å²) in [6.07, 6.45) is 2.42. The van der Waals surface area contributed by atoms with E-state index in [0.717, 1.165) is 11.3 Å². The van der Waals surface area contributed by atoms with Gasteiger partial charge < -0.3 is 9.47 Å². The molecule has 1 N–H and O–H groups in total. The average Bonchev–Trinajstić information content (AvgIpc) is 2.63. The van der Waals surface area contributed by atoms with E-state index in [1.807, 2.05) is 12.1 Å². The van der Waals surface area contributed by atoms with Crippen molar-refractivity contribution in [2.45, 2.75) is 13.0 Å². The molecule has 7 heteroatoms. The maximum atomic E-state index is 12.0. The number of amides is 1. The first-order valence-corrected chi connectivity index (χ1v) is 8.53. The Labute approximate surface area is 162 Å². The molecule has 2 aromatic rings. The fourth-order valence-corrected chi connectivity index (χ4v) is 2.33. The second-order valence-electron chi connectivity index (χ2n) is 5.24. The summed E-state index contributed by atoms with van der Waals surface area (Å²) >= 11 is 11.8. The van der Waals surface area contributed by atoms with Crippen LogP contribution in [0.15, 0.2) is 60.2 Å². The monoisotopic (exact) mass is 392 g/mol. The van der Waals surface area contributed by atoms with Crippen LogP contribution in [-0.4, -0.2) is 24.8 Å². The van der Waals surface area contributed by atoms with E-state index in [9.17, 15) is 4.79 Å². The van der Waals surface area contributed by atoms with Crippen molar-refractivity contribution in [3.05, 3.63) is 70.7 Å². The Bertz CT molecular complexity index is 792. The second kappa shape index (κ2) is 9.85. The number of carbonyl (C=O) groups excluding carboxylic acids is 1. The van der Waals surface area contributed by atoms with Gasteiger partial charge in [0, 0.05) is 5.02 Å². The summed E-state index contributed by atoms with van der Waals surface area (Å²) in [4.78, 5) is 12.0. The van der Waals surface area contributed by atoms with Crippen LogP contribution in [0.1, 0.15) is 12.5 Å². The molecule has 0 bridgehead atoms. The molecule has 1 atom stereocenters. The van der Waals surface area contributed by atoms with E-state index >= 15 is 0 Å². The number of nitrogens with one attached hydrogen (secondary N) is 1. The zero-order valence-electron chi connectivity index (χ0n) is 14.1. The molecule has 0 spiro atoms. The minimum absolute atomic E-state index is 0.333. The van der Waals surface area contributed by atoms with E-state index in [4.69, 9.17) is 32.7 Å². The first kappa shape index (κ1) is 19.8. The van der Waals surface area contributed by atoms with Crippen LogP contribution < -0.4 is 14.9 Å². The molecule has 0 aromatic heterocycles. The van der Waals surface area contributed by atoms with Crippen molar-refractivity contribution in [3.63, 3.8) is 0 Å². The van der Waals surface area contributed by atoms with Crippen LogP contribution in [0.25, 0.3) is 0 Å². The maximum absolute atomic E-state index is 12.0. The van der Waals surface area contributed by atoms with Crippen LogP contribution in [0.5, 0.6) is 11.5 Å².